The van der Waals surface area contributed by atoms with Crippen LogP contribution in [0.2, 0.25) is 0 Å². The van der Waals surface area contributed by atoms with Gasteiger partial charge in [0.2, 0.25) is 0 Å². The monoisotopic (exact) mass is 709 g/mol. The highest BCUT2D eigenvalue weighted by atomic mass is 15.1. The zero-order valence-corrected chi connectivity index (χ0v) is 32.4. The minimum absolute atomic E-state index is 0.0520. The van der Waals surface area contributed by atoms with Crippen molar-refractivity contribution in [3.8, 4) is 44.5 Å². The molecule has 0 aromatic heterocycles. The summed E-state index contributed by atoms with van der Waals surface area (Å²) in [5.41, 5.74) is 23.0. The quantitative estimate of drug-likeness (QED) is 0.176. The summed E-state index contributed by atoms with van der Waals surface area (Å²) < 4.78 is 0. The molecule has 0 heterocycles. The molecule has 0 atom stereocenters. The predicted molar refractivity (Wildman–Crippen MR) is 231 cm³/mol. The van der Waals surface area contributed by atoms with E-state index in [4.69, 9.17) is 0 Å². The fourth-order valence-electron chi connectivity index (χ4n) is 11.4. The van der Waals surface area contributed by atoms with Gasteiger partial charge >= 0.3 is 0 Å². The second-order valence-corrected chi connectivity index (χ2v) is 17.6. The predicted octanol–water partition coefficient (Wildman–Crippen LogP) is 14.7. The van der Waals surface area contributed by atoms with Gasteiger partial charge in [0.15, 0.2) is 0 Å². The molecule has 1 fully saturated rings. The average Bonchev–Trinajstić information content (AvgIpc) is 3.72. The summed E-state index contributed by atoms with van der Waals surface area (Å²) in [6.45, 7) is 9.51. The molecule has 4 aliphatic rings. The van der Waals surface area contributed by atoms with E-state index in [2.05, 4.69) is 184 Å². The highest BCUT2D eigenvalue weighted by Gasteiger charge is 2.44. The summed E-state index contributed by atoms with van der Waals surface area (Å²) in [6.07, 6.45) is 6.40. The van der Waals surface area contributed by atoms with Crippen LogP contribution < -0.4 is 4.90 Å². The van der Waals surface area contributed by atoms with Crippen molar-refractivity contribution >= 4 is 17.1 Å². The molecule has 4 aliphatic carbocycles. The highest BCUT2D eigenvalue weighted by Crippen LogP contribution is 2.58. The normalized spacial score (nSPS) is 17.2. The number of nitrogens with zero attached hydrogens (tertiary/aromatic N) is 1. The molecular formula is C54H47N. The van der Waals surface area contributed by atoms with Crippen molar-refractivity contribution in [2.24, 2.45) is 0 Å². The van der Waals surface area contributed by atoms with E-state index in [1.165, 1.54) is 127 Å². The van der Waals surface area contributed by atoms with Crippen molar-refractivity contribution in [3.05, 3.63) is 185 Å². The number of hydrogen-bond donors (Lipinski definition) is 0. The van der Waals surface area contributed by atoms with Gasteiger partial charge in [0.05, 0.1) is 5.69 Å². The number of benzene rings is 7. The van der Waals surface area contributed by atoms with Gasteiger partial charge in [-0.3, -0.25) is 0 Å². The fourth-order valence-corrected chi connectivity index (χ4v) is 11.4. The largest absolute Gasteiger partial charge is 0.310 e. The Hall–Kier alpha value is -5.66. The standard InChI is InChI=1S/C54H47N/c1-52(2)44-22-10-6-17-37(44)42-33-35(27-29-46(42)52)55(36-28-30-48-43(34-36)38-18-7-12-24-47(38)54(48)31-14-5-15-32-54)50-26-13-9-19-39(50)40-21-16-25-49-51(40)41-20-8-11-23-45(41)53(49,3)4/h6-13,16-30,33-34H,5,14-15,31-32H2,1-4H3. The average molecular weight is 710 g/mol. The summed E-state index contributed by atoms with van der Waals surface area (Å²) in [5.74, 6) is 0. The summed E-state index contributed by atoms with van der Waals surface area (Å²) >= 11 is 0. The van der Waals surface area contributed by atoms with Gasteiger partial charge in [-0.2, -0.15) is 0 Å². The summed E-state index contributed by atoms with van der Waals surface area (Å²) in [4.78, 5) is 2.56. The van der Waals surface area contributed by atoms with Gasteiger partial charge in [-0.1, -0.05) is 168 Å². The van der Waals surface area contributed by atoms with Crippen LogP contribution in [-0.2, 0) is 16.2 Å². The lowest BCUT2D eigenvalue weighted by atomic mass is 9.68. The molecule has 0 unspecified atom stereocenters. The molecule has 1 saturated carbocycles. The van der Waals surface area contributed by atoms with Crippen LogP contribution in [0, 0.1) is 0 Å². The Balaban J connectivity index is 1.16. The first-order chi connectivity index (χ1) is 26.8. The molecule has 0 aliphatic heterocycles. The third kappa shape index (κ3) is 4.47. The first kappa shape index (κ1) is 32.7. The van der Waals surface area contributed by atoms with Gasteiger partial charge in [-0.25, -0.2) is 0 Å². The van der Waals surface area contributed by atoms with Gasteiger partial charge < -0.3 is 4.90 Å². The van der Waals surface area contributed by atoms with E-state index in [-0.39, 0.29) is 16.2 Å². The third-order valence-corrected chi connectivity index (χ3v) is 14.1. The maximum atomic E-state index is 2.56. The zero-order valence-electron chi connectivity index (χ0n) is 32.4. The van der Waals surface area contributed by atoms with Crippen molar-refractivity contribution in [1.82, 2.24) is 0 Å². The lowest BCUT2D eigenvalue weighted by molar-refractivity contribution is 0.353. The van der Waals surface area contributed by atoms with Gasteiger partial charge in [0, 0.05) is 33.2 Å². The van der Waals surface area contributed by atoms with Crippen LogP contribution in [-0.4, -0.2) is 0 Å². The summed E-state index contributed by atoms with van der Waals surface area (Å²) in [5, 5.41) is 0. The van der Waals surface area contributed by atoms with Crippen LogP contribution in [0.5, 0.6) is 0 Å². The number of fused-ring (bicyclic) bond motifs is 11. The van der Waals surface area contributed by atoms with Crippen molar-refractivity contribution in [2.75, 3.05) is 4.90 Å². The Morgan fingerprint density at radius 2 is 0.818 bits per heavy atom. The Morgan fingerprint density at radius 3 is 1.53 bits per heavy atom. The van der Waals surface area contributed by atoms with Crippen molar-refractivity contribution in [1.29, 1.82) is 0 Å². The third-order valence-electron chi connectivity index (χ3n) is 14.1. The van der Waals surface area contributed by atoms with E-state index in [9.17, 15) is 0 Å². The molecule has 11 rings (SSSR count). The van der Waals surface area contributed by atoms with Gasteiger partial charge in [0.25, 0.3) is 0 Å². The molecule has 55 heavy (non-hydrogen) atoms. The van der Waals surface area contributed by atoms with E-state index in [1.54, 1.807) is 0 Å². The second-order valence-electron chi connectivity index (χ2n) is 17.6. The van der Waals surface area contributed by atoms with E-state index in [1.807, 2.05) is 0 Å². The lowest BCUT2D eigenvalue weighted by Gasteiger charge is -2.36. The van der Waals surface area contributed by atoms with E-state index in [0.717, 1.165) is 0 Å². The maximum Gasteiger partial charge on any atom is 0.0540 e. The topological polar surface area (TPSA) is 3.24 Å². The Bertz CT molecular complexity index is 2700. The molecular weight excluding hydrogens is 663 g/mol. The number of para-hydroxylation sites is 1. The molecule has 0 amide bonds. The van der Waals surface area contributed by atoms with Crippen LogP contribution in [0.1, 0.15) is 93.2 Å². The Morgan fingerprint density at radius 1 is 0.364 bits per heavy atom. The highest BCUT2D eigenvalue weighted by molar-refractivity contribution is 5.99. The van der Waals surface area contributed by atoms with E-state index < -0.39 is 0 Å². The van der Waals surface area contributed by atoms with Crippen LogP contribution in [0.15, 0.2) is 152 Å². The smallest absolute Gasteiger partial charge is 0.0540 e. The molecule has 0 radical (unpaired) electrons. The van der Waals surface area contributed by atoms with E-state index >= 15 is 0 Å². The van der Waals surface area contributed by atoms with Crippen LogP contribution >= 0.6 is 0 Å². The van der Waals surface area contributed by atoms with E-state index in [0.29, 0.717) is 0 Å². The zero-order chi connectivity index (χ0) is 37.1. The fraction of sp³-hybridized carbons (Fsp3) is 0.222. The number of hydrogen-bond acceptors (Lipinski definition) is 1. The van der Waals surface area contributed by atoms with Gasteiger partial charge in [-0.15, -0.1) is 0 Å². The molecule has 1 nitrogen and oxygen atoms in total. The lowest BCUT2D eigenvalue weighted by Crippen LogP contribution is -2.28. The van der Waals surface area contributed by atoms with Crippen molar-refractivity contribution < 1.29 is 0 Å². The van der Waals surface area contributed by atoms with Gasteiger partial charge in [0.1, 0.15) is 0 Å². The van der Waals surface area contributed by atoms with Crippen molar-refractivity contribution in [2.45, 2.75) is 76.0 Å². The van der Waals surface area contributed by atoms with Crippen LogP contribution in [0.4, 0.5) is 17.1 Å². The minimum atomic E-state index is -0.0702. The summed E-state index contributed by atoms with van der Waals surface area (Å²) in [6, 6.07) is 58.1. The molecule has 7 aromatic carbocycles. The first-order valence-electron chi connectivity index (χ1n) is 20.4. The molecule has 0 saturated heterocycles. The molecule has 268 valence electrons. The molecule has 7 aromatic rings. The van der Waals surface area contributed by atoms with Gasteiger partial charge in [-0.05, 0) is 115 Å². The first-order valence-corrected chi connectivity index (χ1v) is 20.4. The summed E-state index contributed by atoms with van der Waals surface area (Å²) in [7, 11) is 0. The Kier molecular flexibility index (Phi) is 6.95. The number of rotatable bonds is 4. The Labute approximate surface area is 326 Å². The number of anilines is 3. The van der Waals surface area contributed by atoms with Crippen molar-refractivity contribution in [3.63, 3.8) is 0 Å². The van der Waals surface area contributed by atoms with Crippen LogP contribution in [0.25, 0.3) is 44.5 Å². The molecule has 0 N–H and O–H groups in total. The maximum absolute atomic E-state index is 2.56. The minimum Gasteiger partial charge on any atom is -0.310 e. The molecule has 1 heteroatoms. The molecule has 0 bridgehead atoms. The molecule has 1 spiro atoms. The SMILES string of the molecule is CC1(C)c2ccccc2-c2cc(N(c3ccc4c(c3)-c3ccccc3C43CCCCC3)c3ccccc3-c3cccc4c3-c3ccccc3C4(C)C)ccc21. The van der Waals surface area contributed by atoms with Crippen LogP contribution in [0.3, 0.4) is 0 Å². The second kappa shape index (κ2) is 11.7.